The molecule has 0 saturated carbocycles. The zero-order valence-corrected chi connectivity index (χ0v) is 9.32. The summed E-state index contributed by atoms with van der Waals surface area (Å²) in [7, 11) is 0. The second-order valence-electron chi connectivity index (χ2n) is 1.77. The monoisotopic (exact) mass is 205 g/mol. The number of hydrogen-bond acceptors (Lipinski definition) is 2. The maximum absolute atomic E-state index is 10.6. The van der Waals surface area contributed by atoms with E-state index in [-0.39, 0.29) is 23.9 Å². The van der Waals surface area contributed by atoms with Crippen molar-refractivity contribution in [3.8, 4) is 0 Å². The second kappa shape index (κ2) is 6.88. The maximum Gasteiger partial charge on any atom is 0.333 e. The van der Waals surface area contributed by atoms with E-state index >= 15 is 0 Å². The van der Waals surface area contributed by atoms with Crippen molar-refractivity contribution >= 4 is 23.9 Å². The van der Waals surface area contributed by atoms with Crippen LogP contribution in [0.25, 0.3) is 0 Å². The first-order valence-electron chi connectivity index (χ1n) is 2.80. The van der Waals surface area contributed by atoms with E-state index in [1.54, 1.807) is 6.92 Å². The molecule has 0 bridgehead atoms. The molecule has 0 aliphatic carbocycles. The molecule has 0 saturated heterocycles. The molecule has 0 rings (SSSR count). The van der Waals surface area contributed by atoms with Crippen LogP contribution >= 0.6 is 0 Å². The van der Waals surface area contributed by atoms with Gasteiger partial charge in [0.2, 0.25) is 0 Å². The van der Waals surface area contributed by atoms with Gasteiger partial charge in [-0.2, -0.15) is 0 Å². The largest absolute Gasteiger partial charge is 0.462 e. The molecule has 59 valence electrons. The minimum Gasteiger partial charge on any atom is -0.462 e. The molecule has 0 aromatic rings. The van der Waals surface area contributed by atoms with E-state index in [0.29, 0.717) is 18.6 Å². The average molecular weight is 205 g/mol. The molecule has 0 fully saturated rings. The summed E-state index contributed by atoms with van der Waals surface area (Å²) in [6.45, 7) is 8.92. The van der Waals surface area contributed by atoms with Crippen molar-refractivity contribution in [2.24, 2.45) is 0 Å². The van der Waals surface area contributed by atoms with Crippen LogP contribution in [0.2, 0.25) is 0 Å². The van der Waals surface area contributed by atoms with Crippen molar-refractivity contribution in [2.75, 3.05) is 6.61 Å². The fourth-order valence-electron chi connectivity index (χ4n) is 0.288. The van der Waals surface area contributed by atoms with E-state index in [4.69, 9.17) is 0 Å². The van der Waals surface area contributed by atoms with Crippen LogP contribution in [-0.2, 0) is 9.53 Å². The van der Waals surface area contributed by atoms with Crippen LogP contribution in [0.15, 0.2) is 12.2 Å². The molecule has 2 nitrogen and oxygen atoms in total. The fourth-order valence-corrected chi connectivity index (χ4v) is 0.288. The summed E-state index contributed by atoms with van der Waals surface area (Å²) < 4.78 is 4.65. The van der Waals surface area contributed by atoms with Crippen LogP contribution < -0.4 is 0 Å². The molecule has 3 heteroatoms. The first kappa shape index (κ1) is 12.4. The number of carbonyl (C=O) groups excluding carboxylic acids is 1. The number of rotatable bonds is 3. The number of carbonyl (C=O) groups is 1. The van der Waals surface area contributed by atoms with Gasteiger partial charge in [0.15, 0.2) is 0 Å². The van der Waals surface area contributed by atoms with Gasteiger partial charge >= 0.3 is 23.9 Å². The van der Waals surface area contributed by atoms with Crippen molar-refractivity contribution in [1.82, 2.24) is 0 Å². The zero-order valence-electron chi connectivity index (χ0n) is 6.35. The van der Waals surface area contributed by atoms with Gasteiger partial charge < -0.3 is 4.74 Å². The summed E-state index contributed by atoms with van der Waals surface area (Å²) >= 11 is 0. The molecule has 1 atom stereocenters. The predicted molar refractivity (Wildman–Crippen MR) is 45.7 cm³/mol. The molecule has 0 aliphatic heterocycles. The first-order valence-corrected chi connectivity index (χ1v) is 2.80. The quantitative estimate of drug-likeness (QED) is 0.372. The Labute approximate surface area is 73.0 Å². The van der Waals surface area contributed by atoms with Gasteiger partial charge in [-0.25, -0.2) is 4.79 Å². The van der Waals surface area contributed by atoms with Gasteiger partial charge in [0.1, 0.15) is 0 Å². The van der Waals surface area contributed by atoms with E-state index in [1.165, 1.54) is 0 Å². The Kier molecular flexibility index (Phi) is 8.57. The number of hydrogen-bond donors (Lipinski definition) is 0. The van der Waals surface area contributed by atoms with Crippen molar-refractivity contribution in [3.05, 3.63) is 19.1 Å². The van der Waals surface area contributed by atoms with Gasteiger partial charge in [-0.05, 0) is 20.3 Å². The summed E-state index contributed by atoms with van der Waals surface area (Å²) in [5, 5.41) is 0. The molecule has 0 spiro atoms. The van der Waals surface area contributed by atoms with E-state index < -0.39 is 0 Å². The maximum atomic E-state index is 10.6. The Bertz CT molecular complexity index is 121. The van der Waals surface area contributed by atoms with Gasteiger partial charge in [-0.15, -0.1) is 0 Å². The first-order chi connectivity index (χ1) is 4.18. The van der Waals surface area contributed by atoms with E-state index in [0.717, 1.165) is 0 Å². The zero-order chi connectivity index (χ0) is 7.28. The molecular formula is C7H14AsO2. The van der Waals surface area contributed by atoms with Gasteiger partial charge in [-0.3, -0.25) is 0 Å². The standard InChI is InChI=1S/C7H11O2.AsH3/c1-4-5-9-7(8)6(2)3;/h1-2,4-5H2,3H3;1H3. The molecule has 0 aromatic carbocycles. The van der Waals surface area contributed by atoms with Crippen molar-refractivity contribution in [2.45, 2.75) is 13.3 Å². The molecule has 0 N–H and O–H groups in total. The third kappa shape index (κ3) is 5.90. The van der Waals surface area contributed by atoms with Crippen LogP contribution in [0.1, 0.15) is 13.3 Å². The molecule has 1 unspecified atom stereocenters. The van der Waals surface area contributed by atoms with Crippen molar-refractivity contribution in [1.29, 1.82) is 0 Å². The van der Waals surface area contributed by atoms with Crippen LogP contribution in [0.3, 0.4) is 0 Å². The Balaban J connectivity index is 0. The van der Waals surface area contributed by atoms with Gasteiger partial charge in [0.25, 0.3) is 0 Å². The van der Waals surface area contributed by atoms with Gasteiger partial charge in [0.05, 0.1) is 6.61 Å². The molecule has 0 aliphatic rings. The van der Waals surface area contributed by atoms with E-state index in [1.807, 2.05) is 0 Å². The summed E-state index contributed by atoms with van der Waals surface area (Å²) in [6, 6.07) is 0. The van der Waals surface area contributed by atoms with Crippen molar-refractivity contribution in [3.63, 3.8) is 0 Å². The van der Waals surface area contributed by atoms with E-state index in [9.17, 15) is 4.79 Å². The summed E-state index contributed by atoms with van der Waals surface area (Å²) in [4.78, 5) is 10.6. The minimum atomic E-state index is -0.335. The Hall–Kier alpha value is -0.232. The fraction of sp³-hybridized carbons (Fsp3) is 0.429. The summed E-state index contributed by atoms with van der Waals surface area (Å²) in [5.74, 6) is -0.335. The Morgan fingerprint density at radius 3 is 2.40 bits per heavy atom. The van der Waals surface area contributed by atoms with Crippen LogP contribution in [0.5, 0.6) is 0 Å². The molecule has 10 heavy (non-hydrogen) atoms. The van der Waals surface area contributed by atoms with E-state index in [2.05, 4.69) is 18.2 Å². The number of ether oxygens (including phenoxy) is 1. The molecule has 0 heterocycles. The normalized spacial score (nSPS) is 7.80. The Morgan fingerprint density at radius 2 is 2.10 bits per heavy atom. The smallest absolute Gasteiger partial charge is 0.333 e. The Morgan fingerprint density at radius 1 is 1.60 bits per heavy atom. The molecule has 0 aromatic heterocycles. The SMILES string of the molecule is [AsH3].[CH2]CCOC(=O)C(=C)C. The number of esters is 1. The topological polar surface area (TPSA) is 26.3 Å². The average Bonchev–Trinajstić information content (AvgIpc) is 1.82. The predicted octanol–water partition coefficient (Wildman–Crippen LogP) is 0.146. The summed E-state index contributed by atoms with van der Waals surface area (Å²) in [5.41, 5.74) is 0.434. The third-order valence-electron chi connectivity index (χ3n) is 0.726. The van der Waals surface area contributed by atoms with Gasteiger partial charge in [0, 0.05) is 5.57 Å². The van der Waals surface area contributed by atoms with Crippen LogP contribution in [-0.4, -0.2) is 30.5 Å². The van der Waals surface area contributed by atoms with Crippen LogP contribution in [0, 0.1) is 6.92 Å². The molecule has 1 radical (unpaired) electrons. The second-order valence-corrected chi connectivity index (χ2v) is 1.77. The molecular weight excluding hydrogens is 191 g/mol. The van der Waals surface area contributed by atoms with Crippen molar-refractivity contribution < 1.29 is 9.53 Å². The molecule has 0 amide bonds. The summed E-state index contributed by atoms with van der Waals surface area (Å²) in [6.07, 6.45) is 0.610. The third-order valence-corrected chi connectivity index (χ3v) is 0.726. The minimum absolute atomic E-state index is 0. The van der Waals surface area contributed by atoms with Crippen LogP contribution in [0.4, 0.5) is 0 Å². The van der Waals surface area contributed by atoms with Gasteiger partial charge in [-0.1, -0.05) is 6.58 Å².